The fourth-order valence-electron chi connectivity index (χ4n) is 1.49. The van der Waals surface area contributed by atoms with E-state index in [1.165, 1.54) is 6.07 Å². The molecule has 8 heteroatoms. The van der Waals surface area contributed by atoms with Gasteiger partial charge in [-0.3, -0.25) is 10.1 Å². The van der Waals surface area contributed by atoms with Crippen LogP contribution in [0.25, 0.3) is 0 Å². The second-order valence-corrected chi connectivity index (χ2v) is 5.30. The number of carbonyl (C=O) groups is 1. The minimum atomic E-state index is -0.985. The van der Waals surface area contributed by atoms with Crippen molar-refractivity contribution in [1.29, 1.82) is 0 Å². The van der Waals surface area contributed by atoms with Crippen LogP contribution in [0.3, 0.4) is 0 Å². The average Bonchev–Trinajstić information content (AvgIpc) is 2.29. The zero-order chi connectivity index (χ0) is 14.6. The lowest BCUT2D eigenvalue weighted by molar-refractivity contribution is -0.385. The molecule has 0 unspecified atom stereocenters. The number of rotatable bonds is 6. The van der Waals surface area contributed by atoms with Crippen molar-refractivity contribution in [2.75, 3.05) is 5.32 Å². The van der Waals surface area contributed by atoms with Gasteiger partial charge in [0.05, 0.1) is 9.40 Å². The molecule has 0 amide bonds. The monoisotopic (exact) mass is 331 g/mol. The Kier molecular flexibility index (Phi) is 5.22. The molecule has 0 saturated heterocycles. The van der Waals surface area contributed by atoms with Crippen LogP contribution in [0.5, 0.6) is 0 Å². The number of halogens is 1. The number of hydrogen-bond donors (Lipinski definition) is 2. The summed E-state index contributed by atoms with van der Waals surface area (Å²) in [5.74, 6) is -0.509. The lowest BCUT2D eigenvalue weighted by atomic mass is 10.0. The molecule has 19 heavy (non-hydrogen) atoms. The van der Waals surface area contributed by atoms with Gasteiger partial charge in [-0.2, -0.15) is 0 Å². The van der Waals surface area contributed by atoms with Crippen LogP contribution in [0.1, 0.15) is 20.3 Å². The first kappa shape index (κ1) is 15.4. The van der Waals surface area contributed by atoms with Crippen LogP contribution in [0, 0.1) is 16.0 Å². The fraction of sp³-hybridized carbons (Fsp3) is 0.455. The van der Waals surface area contributed by atoms with Gasteiger partial charge in [-0.15, -0.1) is 0 Å². The minimum Gasteiger partial charge on any atom is -0.480 e. The predicted octanol–water partition coefficient (Wildman–Crippen LogP) is 2.66. The third-order valence-electron chi connectivity index (χ3n) is 2.35. The molecule has 0 saturated carbocycles. The maximum absolute atomic E-state index is 11.1. The number of nitro groups is 1. The van der Waals surface area contributed by atoms with Crippen LogP contribution in [0.4, 0.5) is 11.5 Å². The van der Waals surface area contributed by atoms with Crippen molar-refractivity contribution in [3.8, 4) is 0 Å². The first-order chi connectivity index (χ1) is 8.81. The summed E-state index contributed by atoms with van der Waals surface area (Å²) >= 11 is 3.14. The van der Waals surface area contributed by atoms with Crippen LogP contribution >= 0.6 is 15.9 Å². The van der Waals surface area contributed by atoms with E-state index >= 15 is 0 Å². The number of carboxylic acids is 1. The van der Waals surface area contributed by atoms with Crippen molar-refractivity contribution >= 4 is 33.4 Å². The standard InChI is InChI=1S/C11H14BrN3O4/c1-6(2)3-9(11(16)17)14-10-8(12)4-7(5-13-10)15(18)19/h4-6,9H,3H2,1-2H3,(H,13,14)(H,16,17)/t9-/m0/s1. The molecule has 104 valence electrons. The number of anilines is 1. The number of nitrogens with one attached hydrogen (secondary N) is 1. The Hall–Kier alpha value is -1.70. The molecular weight excluding hydrogens is 318 g/mol. The maximum Gasteiger partial charge on any atom is 0.326 e. The highest BCUT2D eigenvalue weighted by molar-refractivity contribution is 9.10. The zero-order valence-corrected chi connectivity index (χ0v) is 12.0. The van der Waals surface area contributed by atoms with E-state index < -0.39 is 16.9 Å². The average molecular weight is 332 g/mol. The lowest BCUT2D eigenvalue weighted by Gasteiger charge is -2.17. The Labute approximate surface area is 118 Å². The van der Waals surface area contributed by atoms with E-state index in [0.717, 1.165) is 6.20 Å². The van der Waals surface area contributed by atoms with E-state index in [1.807, 2.05) is 13.8 Å². The maximum atomic E-state index is 11.1. The molecule has 0 aliphatic heterocycles. The summed E-state index contributed by atoms with van der Waals surface area (Å²) in [6.07, 6.45) is 1.52. The van der Waals surface area contributed by atoms with Crippen LogP contribution in [0.15, 0.2) is 16.7 Å². The molecule has 1 aromatic rings. The molecular formula is C11H14BrN3O4. The number of carboxylic acid groups (broad SMARTS) is 1. The third-order valence-corrected chi connectivity index (χ3v) is 2.96. The number of hydrogen-bond acceptors (Lipinski definition) is 5. The number of aromatic nitrogens is 1. The molecule has 0 aromatic carbocycles. The first-order valence-electron chi connectivity index (χ1n) is 5.60. The van der Waals surface area contributed by atoms with Gasteiger partial charge in [0.2, 0.25) is 0 Å². The molecule has 1 rings (SSSR count). The van der Waals surface area contributed by atoms with Crippen molar-refractivity contribution in [3.63, 3.8) is 0 Å². The molecule has 7 nitrogen and oxygen atoms in total. The van der Waals surface area contributed by atoms with Crippen molar-refractivity contribution < 1.29 is 14.8 Å². The highest BCUT2D eigenvalue weighted by Crippen LogP contribution is 2.25. The second-order valence-electron chi connectivity index (χ2n) is 4.45. The van der Waals surface area contributed by atoms with Gasteiger partial charge in [0.15, 0.2) is 0 Å². The number of aliphatic carboxylic acids is 1. The van der Waals surface area contributed by atoms with Crippen LogP contribution in [0.2, 0.25) is 0 Å². The molecule has 2 N–H and O–H groups in total. The van der Waals surface area contributed by atoms with Crippen molar-refractivity contribution in [3.05, 3.63) is 26.9 Å². The van der Waals surface area contributed by atoms with Crippen LogP contribution < -0.4 is 5.32 Å². The van der Waals surface area contributed by atoms with Crippen molar-refractivity contribution in [2.45, 2.75) is 26.3 Å². The summed E-state index contributed by atoms with van der Waals surface area (Å²) in [5.41, 5.74) is -0.159. The normalized spacial score (nSPS) is 12.2. The van der Waals surface area contributed by atoms with Crippen molar-refractivity contribution in [1.82, 2.24) is 4.98 Å². The molecule has 0 aliphatic rings. The van der Waals surface area contributed by atoms with Gasteiger partial charge in [0, 0.05) is 6.07 Å². The molecule has 0 fully saturated rings. The van der Waals surface area contributed by atoms with Gasteiger partial charge in [-0.25, -0.2) is 9.78 Å². The Morgan fingerprint density at radius 3 is 2.68 bits per heavy atom. The van der Waals surface area contributed by atoms with Gasteiger partial charge in [-0.1, -0.05) is 13.8 Å². The summed E-state index contributed by atoms with van der Waals surface area (Å²) in [6, 6.07) is 0.495. The highest BCUT2D eigenvalue weighted by atomic mass is 79.9. The Balaban J connectivity index is 2.91. The summed E-state index contributed by atoms with van der Waals surface area (Å²) in [7, 11) is 0. The largest absolute Gasteiger partial charge is 0.480 e. The summed E-state index contributed by atoms with van der Waals surface area (Å²) in [4.78, 5) is 25.0. The van der Waals surface area contributed by atoms with Gasteiger partial charge >= 0.3 is 5.97 Å². The summed E-state index contributed by atoms with van der Waals surface area (Å²) in [5, 5.41) is 22.4. The van der Waals surface area contributed by atoms with Gasteiger partial charge in [-0.05, 0) is 28.3 Å². The molecule has 1 heterocycles. The number of nitrogens with zero attached hydrogens (tertiary/aromatic N) is 2. The van der Waals surface area contributed by atoms with E-state index in [9.17, 15) is 14.9 Å². The van der Waals surface area contributed by atoms with E-state index in [-0.39, 0.29) is 17.4 Å². The Bertz CT molecular complexity index is 493. The molecule has 0 radical (unpaired) electrons. The molecule has 1 atom stereocenters. The molecule has 0 aliphatic carbocycles. The SMILES string of the molecule is CC(C)C[C@H](Nc1ncc([N+](=O)[O-])cc1Br)C(=O)O. The Morgan fingerprint density at radius 1 is 1.63 bits per heavy atom. The second kappa shape index (κ2) is 6.46. The van der Waals surface area contributed by atoms with E-state index in [2.05, 4.69) is 26.2 Å². The topological polar surface area (TPSA) is 105 Å². The van der Waals surface area contributed by atoms with Crippen LogP contribution in [-0.4, -0.2) is 27.0 Å². The first-order valence-corrected chi connectivity index (χ1v) is 6.39. The molecule has 0 spiro atoms. The zero-order valence-electron chi connectivity index (χ0n) is 10.5. The predicted molar refractivity (Wildman–Crippen MR) is 73.1 cm³/mol. The highest BCUT2D eigenvalue weighted by Gasteiger charge is 2.21. The van der Waals surface area contributed by atoms with Gasteiger partial charge in [0.25, 0.3) is 5.69 Å². The number of pyridine rings is 1. The van der Waals surface area contributed by atoms with Gasteiger partial charge < -0.3 is 10.4 Å². The summed E-state index contributed by atoms with van der Waals surface area (Å²) < 4.78 is 0.358. The smallest absolute Gasteiger partial charge is 0.326 e. The quantitative estimate of drug-likeness (QED) is 0.613. The van der Waals surface area contributed by atoms with Gasteiger partial charge in [0.1, 0.15) is 18.1 Å². The van der Waals surface area contributed by atoms with Crippen LogP contribution in [-0.2, 0) is 4.79 Å². The Morgan fingerprint density at radius 2 is 2.26 bits per heavy atom. The third kappa shape index (κ3) is 4.47. The molecule has 1 aromatic heterocycles. The van der Waals surface area contributed by atoms with E-state index in [0.29, 0.717) is 10.9 Å². The fourth-order valence-corrected chi connectivity index (χ4v) is 1.94. The minimum absolute atomic E-state index is 0.159. The molecule has 0 bridgehead atoms. The summed E-state index contributed by atoms with van der Waals surface area (Å²) in [6.45, 7) is 3.83. The van der Waals surface area contributed by atoms with E-state index in [4.69, 9.17) is 5.11 Å². The van der Waals surface area contributed by atoms with E-state index in [1.54, 1.807) is 0 Å². The lowest BCUT2D eigenvalue weighted by Crippen LogP contribution is -2.31. The van der Waals surface area contributed by atoms with Crippen molar-refractivity contribution in [2.24, 2.45) is 5.92 Å².